The highest BCUT2D eigenvalue weighted by atomic mass is 127. The van der Waals surface area contributed by atoms with E-state index in [0.29, 0.717) is 17.1 Å². The Kier molecular flexibility index (Phi) is 7.99. The van der Waals surface area contributed by atoms with E-state index < -0.39 is 0 Å². The number of aliphatic imine (C=N–C) groups is 1. The monoisotopic (exact) mass is 487 g/mol. The fourth-order valence-corrected chi connectivity index (χ4v) is 3.73. The maximum Gasteiger partial charge on any atom is 0.330 e. The minimum absolute atomic E-state index is 0.0193. The van der Waals surface area contributed by atoms with Gasteiger partial charge in [0.25, 0.3) is 5.91 Å². The van der Waals surface area contributed by atoms with E-state index in [1.54, 1.807) is 36.6 Å². The molecule has 1 aliphatic rings. The van der Waals surface area contributed by atoms with Crippen LogP contribution in [0.3, 0.4) is 0 Å². The summed E-state index contributed by atoms with van der Waals surface area (Å²) in [5.41, 5.74) is 0.569. The summed E-state index contributed by atoms with van der Waals surface area (Å²) in [6, 6.07) is 6.77. The Balaban J connectivity index is 1.81. The third-order valence-electron chi connectivity index (χ3n) is 3.26. The zero-order valence-corrected chi connectivity index (χ0v) is 17.2. The van der Waals surface area contributed by atoms with Gasteiger partial charge in [-0.05, 0) is 37.3 Å². The van der Waals surface area contributed by atoms with Crippen LogP contribution >= 0.6 is 32.3 Å². The Morgan fingerprint density at radius 2 is 2.08 bits per heavy atom. The summed E-state index contributed by atoms with van der Waals surface area (Å²) >= 11 is 5.44. The Labute approximate surface area is 167 Å². The van der Waals surface area contributed by atoms with E-state index in [2.05, 4.69) is 20.4 Å². The first-order valence-electron chi connectivity index (χ1n) is 7.79. The molecule has 0 bridgehead atoms. The smallest absolute Gasteiger partial charge is 0.330 e. The van der Waals surface area contributed by atoms with E-state index in [1.165, 1.54) is 13.2 Å². The van der Waals surface area contributed by atoms with Gasteiger partial charge in [0, 0.05) is 43.1 Å². The molecule has 0 aliphatic carbocycles. The number of carbonyl (C=O) groups excluding carboxylic acids is 2. The van der Waals surface area contributed by atoms with E-state index in [4.69, 9.17) is 11.6 Å². The predicted molar refractivity (Wildman–Crippen MR) is 113 cm³/mol. The van der Waals surface area contributed by atoms with Crippen molar-refractivity contribution in [2.45, 2.75) is 13.0 Å². The fraction of sp³-hybridized carbons (Fsp3) is 0.222. The predicted octanol–water partition coefficient (Wildman–Crippen LogP) is 2.80. The molecule has 138 valence electrons. The van der Waals surface area contributed by atoms with Gasteiger partial charge in [0.1, 0.15) is 5.82 Å². The van der Waals surface area contributed by atoms with Crippen molar-refractivity contribution in [1.29, 1.82) is 0 Å². The lowest BCUT2D eigenvalue weighted by molar-refractivity contribution is -0.134. The second-order valence-corrected chi connectivity index (χ2v) is 8.29. The molecule has 0 spiro atoms. The number of hydrogen-bond acceptors (Lipinski definition) is 5. The summed E-state index contributed by atoms with van der Waals surface area (Å²) < 4.78 is 7.61. The van der Waals surface area contributed by atoms with Crippen molar-refractivity contribution in [3.05, 3.63) is 56.9 Å². The number of allylic oxidation sites excluding steroid dienone is 1. The standard InChI is InChI=1S/C18H19ClIN3O3/c1-12(10-22-18(25)13-3-5-14(19)6-4-13)23-16-9-20-15(11-21-16)7-8-17(24)26-2/h3-9,11-12H,10H2,1-2H3,(H,21,23)(H,22,25)/b8-7+/t12-/m1/s1. The zero-order valence-electron chi connectivity index (χ0n) is 14.3. The Bertz CT molecular complexity index is 785. The van der Waals surface area contributed by atoms with Crippen LogP contribution in [0.5, 0.6) is 0 Å². The number of ether oxygens (including phenoxy) is 1. The number of carbonyl (C=O) groups is 2. The highest BCUT2D eigenvalue weighted by Gasteiger charge is 2.09. The van der Waals surface area contributed by atoms with Gasteiger partial charge in [-0.2, -0.15) is 0 Å². The minimum Gasteiger partial charge on any atom is -0.466 e. The molecule has 2 rings (SSSR count). The molecule has 2 N–H and O–H groups in total. The van der Waals surface area contributed by atoms with Gasteiger partial charge in [0.2, 0.25) is 0 Å². The zero-order chi connectivity index (χ0) is 18.9. The van der Waals surface area contributed by atoms with Crippen molar-refractivity contribution in [3.8, 4) is 0 Å². The molecule has 0 unspecified atom stereocenters. The van der Waals surface area contributed by atoms with Crippen molar-refractivity contribution in [1.82, 2.24) is 10.6 Å². The van der Waals surface area contributed by atoms with Crippen LogP contribution in [0, 0.1) is 0 Å². The molecule has 0 saturated heterocycles. The Morgan fingerprint density at radius 3 is 2.69 bits per heavy atom. The molecule has 8 heteroatoms. The molecule has 1 heterocycles. The molecule has 1 atom stereocenters. The van der Waals surface area contributed by atoms with Gasteiger partial charge in [-0.15, -0.1) is 0 Å². The maximum atomic E-state index is 12.1. The maximum absolute atomic E-state index is 12.1. The van der Waals surface area contributed by atoms with Gasteiger partial charge in [-0.1, -0.05) is 32.3 Å². The molecule has 26 heavy (non-hydrogen) atoms. The average Bonchev–Trinajstić information content (AvgIpc) is 2.65. The van der Waals surface area contributed by atoms with Crippen LogP contribution < -0.4 is 10.6 Å². The van der Waals surface area contributed by atoms with E-state index in [9.17, 15) is 9.59 Å². The number of rotatable bonds is 7. The number of nitrogens with one attached hydrogen (secondary N) is 2. The molecular weight excluding hydrogens is 469 g/mol. The number of esters is 1. The largest absolute Gasteiger partial charge is 0.466 e. The average molecular weight is 488 g/mol. The number of amides is 1. The Hall–Kier alpha value is -2.00. The van der Waals surface area contributed by atoms with Crippen molar-refractivity contribution in [2.75, 3.05) is 13.7 Å². The highest BCUT2D eigenvalue weighted by molar-refractivity contribution is 14.2. The summed E-state index contributed by atoms with van der Waals surface area (Å²) in [5, 5.41) is 6.73. The van der Waals surface area contributed by atoms with Gasteiger partial charge in [0.05, 0.1) is 7.11 Å². The van der Waals surface area contributed by atoms with Crippen LogP contribution in [0.15, 0.2) is 51.3 Å². The number of hydrogen-bond donors (Lipinski definition) is 2. The number of halogens is 2. The number of methoxy groups -OCH3 is 1. The highest BCUT2D eigenvalue weighted by Crippen LogP contribution is 2.13. The van der Waals surface area contributed by atoms with E-state index in [0.717, 1.165) is 9.33 Å². The van der Waals surface area contributed by atoms with Crippen molar-refractivity contribution >= 4 is 53.9 Å². The molecule has 0 radical (unpaired) electrons. The van der Waals surface area contributed by atoms with Gasteiger partial charge >= 0.3 is 5.97 Å². The first-order valence-corrected chi connectivity index (χ1v) is 10.5. The summed E-state index contributed by atoms with van der Waals surface area (Å²) in [6.07, 6.45) is 4.86. The lowest BCUT2D eigenvalue weighted by Gasteiger charge is -2.17. The van der Waals surface area contributed by atoms with Crippen LogP contribution in [0.2, 0.25) is 5.02 Å². The molecule has 0 aromatic heterocycles. The number of benzene rings is 1. The first kappa shape index (κ1) is 20.3. The fourth-order valence-electron chi connectivity index (χ4n) is 1.92. The normalized spacial score (nSPS) is 14.7. The summed E-state index contributed by atoms with van der Waals surface area (Å²) in [7, 11) is 1.34. The molecular formula is C18H19ClIN3O3. The van der Waals surface area contributed by atoms with Crippen LogP contribution in [0.1, 0.15) is 17.3 Å². The van der Waals surface area contributed by atoms with Crippen LogP contribution in [-0.2, 0) is 9.53 Å². The second-order valence-electron chi connectivity index (χ2n) is 5.37. The summed E-state index contributed by atoms with van der Waals surface area (Å²) in [4.78, 5) is 27.5. The molecule has 0 fully saturated rings. The van der Waals surface area contributed by atoms with Crippen LogP contribution in [0.4, 0.5) is 0 Å². The quantitative estimate of drug-likeness (QED) is 0.352. The lowest BCUT2D eigenvalue weighted by Crippen LogP contribution is -2.38. The second kappa shape index (κ2) is 10.2. The molecule has 1 aromatic carbocycles. The van der Waals surface area contributed by atoms with E-state index in [1.807, 2.05) is 11.0 Å². The Morgan fingerprint density at radius 1 is 1.35 bits per heavy atom. The molecule has 6 nitrogen and oxygen atoms in total. The van der Waals surface area contributed by atoms with Gasteiger partial charge in [-0.3, -0.25) is 4.79 Å². The van der Waals surface area contributed by atoms with Crippen LogP contribution in [0.25, 0.3) is 0 Å². The molecule has 1 aromatic rings. The number of nitrogens with zero attached hydrogens (tertiary/aromatic N) is 1. The molecule has 1 amide bonds. The third-order valence-corrected chi connectivity index (χ3v) is 5.77. The van der Waals surface area contributed by atoms with Gasteiger partial charge in [-0.25, -0.2) is 9.79 Å². The van der Waals surface area contributed by atoms with Crippen molar-refractivity contribution < 1.29 is 14.3 Å². The van der Waals surface area contributed by atoms with Gasteiger partial charge in [0.15, 0.2) is 0 Å². The van der Waals surface area contributed by atoms with E-state index in [-0.39, 0.29) is 38.6 Å². The van der Waals surface area contributed by atoms with E-state index >= 15 is 0 Å². The topological polar surface area (TPSA) is 79.8 Å². The van der Waals surface area contributed by atoms with Crippen molar-refractivity contribution in [3.63, 3.8) is 0 Å². The minimum atomic E-state index is -0.382. The third kappa shape index (κ3) is 6.72. The lowest BCUT2D eigenvalue weighted by atomic mass is 10.2. The summed E-state index contributed by atoms with van der Waals surface area (Å²) in [5.74, 6) is 0.251. The van der Waals surface area contributed by atoms with Gasteiger partial charge < -0.3 is 15.4 Å². The SMILES string of the molecule is COC(=O)/C=C/C1=IC=C(N[C@H](C)CNC(=O)c2ccc(Cl)cc2)N=C1. The molecule has 1 aliphatic heterocycles. The van der Waals surface area contributed by atoms with Crippen LogP contribution in [-0.4, -0.2) is 41.3 Å². The first-order chi connectivity index (χ1) is 12.5. The van der Waals surface area contributed by atoms with Crippen molar-refractivity contribution in [2.24, 2.45) is 4.99 Å². The molecule has 0 saturated carbocycles. The summed E-state index contributed by atoms with van der Waals surface area (Å²) in [6.45, 7) is 2.43.